The van der Waals surface area contributed by atoms with Crippen LogP contribution in [0.4, 0.5) is 5.69 Å². The van der Waals surface area contributed by atoms with Gasteiger partial charge in [-0.2, -0.15) is 0 Å². The molecule has 0 fully saturated rings. The van der Waals surface area contributed by atoms with Gasteiger partial charge in [-0.1, -0.05) is 29.8 Å². The van der Waals surface area contributed by atoms with Crippen LogP contribution in [-0.2, 0) is 4.79 Å². The van der Waals surface area contributed by atoms with E-state index in [-0.39, 0.29) is 10.9 Å². The number of hydrogen-bond donors (Lipinski definition) is 2. The number of carbonyl (C=O) groups excluding carboxylic acids is 1. The molecular formula is C10H10ClN3O. The van der Waals surface area contributed by atoms with Gasteiger partial charge in [-0.05, 0) is 12.1 Å². The lowest BCUT2D eigenvalue weighted by Gasteiger charge is -2.27. The molecule has 78 valence electrons. The van der Waals surface area contributed by atoms with Gasteiger partial charge >= 0.3 is 0 Å². The highest BCUT2D eigenvalue weighted by Gasteiger charge is 2.25. The van der Waals surface area contributed by atoms with Crippen LogP contribution in [-0.4, -0.2) is 12.5 Å². The third kappa shape index (κ3) is 1.82. The number of hydrazine groups is 1. The van der Waals surface area contributed by atoms with E-state index >= 15 is 0 Å². The van der Waals surface area contributed by atoms with E-state index in [4.69, 9.17) is 17.3 Å². The van der Waals surface area contributed by atoms with Crippen LogP contribution >= 0.6 is 11.6 Å². The Labute approximate surface area is 92.3 Å². The summed E-state index contributed by atoms with van der Waals surface area (Å²) in [6.07, 6.45) is 0. The third-order valence-corrected chi connectivity index (χ3v) is 2.52. The normalized spacial score (nSPS) is 17.1. The fraction of sp³-hybridized carbons (Fsp3) is 0.100. The first kappa shape index (κ1) is 10.0. The molecule has 1 aliphatic heterocycles. The number of amides is 1. The van der Waals surface area contributed by atoms with Crippen molar-refractivity contribution in [2.45, 2.75) is 0 Å². The van der Waals surface area contributed by atoms with Gasteiger partial charge in [0.1, 0.15) is 5.03 Å². The van der Waals surface area contributed by atoms with Gasteiger partial charge in [-0.3, -0.25) is 4.79 Å². The van der Waals surface area contributed by atoms with Crippen molar-refractivity contribution >= 4 is 23.2 Å². The van der Waals surface area contributed by atoms with Crippen molar-refractivity contribution < 1.29 is 4.79 Å². The second-order valence-corrected chi connectivity index (χ2v) is 3.53. The monoisotopic (exact) mass is 223 g/mol. The summed E-state index contributed by atoms with van der Waals surface area (Å²) in [4.78, 5) is 11.7. The highest BCUT2D eigenvalue weighted by Crippen LogP contribution is 2.19. The molecule has 2 rings (SSSR count). The first-order chi connectivity index (χ1) is 7.20. The summed E-state index contributed by atoms with van der Waals surface area (Å²) in [6, 6.07) is 9.20. The zero-order chi connectivity index (χ0) is 10.8. The molecule has 1 aromatic carbocycles. The Kier molecular flexibility index (Phi) is 2.62. The van der Waals surface area contributed by atoms with Crippen LogP contribution in [0, 0.1) is 0 Å². The minimum atomic E-state index is -0.327. The number of halogens is 1. The molecule has 1 aliphatic rings. The van der Waals surface area contributed by atoms with E-state index in [0.717, 1.165) is 5.69 Å². The van der Waals surface area contributed by atoms with E-state index < -0.39 is 0 Å². The van der Waals surface area contributed by atoms with Gasteiger partial charge in [0.2, 0.25) is 0 Å². The van der Waals surface area contributed by atoms with E-state index in [1.165, 1.54) is 5.01 Å². The molecule has 1 aromatic rings. The average molecular weight is 224 g/mol. The number of anilines is 1. The summed E-state index contributed by atoms with van der Waals surface area (Å²) in [5, 5.41) is 1.47. The number of para-hydroxylation sites is 1. The Balaban J connectivity index is 2.32. The molecule has 5 heteroatoms. The molecule has 0 radical (unpaired) electrons. The van der Waals surface area contributed by atoms with Crippen molar-refractivity contribution in [1.82, 2.24) is 5.43 Å². The number of nitrogens with one attached hydrogen (secondary N) is 1. The molecule has 1 heterocycles. The minimum Gasteiger partial charge on any atom is -0.400 e. The SMILES string of the molecule is NC1=C(Cl)C(=O)N(c2ccccc2)NC1. The first-order valence-corrected chi connectivity index (χ1v) is 4.85. The van der Waals surface area contributed by atoms with Crippen LogP contribution in [0.1, 0.15) is 0 Å². The molecule has 0 atom stereocenters. The second kappa shape index (κ2) is 3.92. The maximum Gasteiger partial charge on any atom is 0.285 e. The number of carbonyl (C=O) groups is 1. The Morgan fingerprint density at radius 3 is 2.67 bits per heavy atom. The number of hydrogen-bond acceptors (Lipinski definition) is 3. The summed E-state index contributed by atoms with van der Waals surface area (Å²) >= 11 is 5.79. The quantitative estimate of drug-likeness (QED) is 0.745. The van der Waals surface area contributed by atoms with Gasteiger partial charge in [-0.25, -0.2) is 10.4 Å². The lowest BCUT2D eigenvalue weighted by atomic mass is 10.2. The van der Waals surface area contributed by atoms with Crippen molar-refractivity contribution in [3.05, 3.63) is 41.1 Å². The number of nitrogens with two attached hydrogens (primary N) is 1. The summed E-state index contributed by atoms with van der Waals surface area (Å²) in [7, 11) is 0. The highest BCUT2D eigenvalue weighted by molar-refractivity contribution is 6.44. The Bertz CT molecular complexity index is 416. The van der Waals surface area contributed by atoms with Gasteiger partial charge in [-0.15, -0.1) is 0 Å². The Morgan fingerprint density at radius 1 is 1.33 bits per heavy atom. The number of nitrogens with zero attached hydrogens (tertiary/aromatic N) is 1. The van der Waals surface area contributed by atoms with Crippen molar-refractivity contribution in [3.8, 4) is 0 Å². The van der Waals surface area contributed by atoms with Crippen molar-refractivity contribution in [1.29, 1.82) is 0 Å². The van der Waals surface area contributed by atoms with Crippen LogP contribution in [0.2, 0.25) is 0 Å². The lowest BCUT2D eigenvalue weighted by molar-refractivity contribution is -0.115. The van der Waals surface area contributed by atoms with Crippen molar-refractivity contribution in [3.63, 3.8) is 0 Å². The molecule has 0 saturated carbocycles. The van der Waals surface area contributed by atoms with Crippen LogP contribution in [0.15, 0.2) is 41.1 Å². The predicted octanol–water partition coefficient (Wildman–Crippen LogP) is 0.947. The maximum absolute atomic E-state index is 11.7. The van der Waals surface area contributed by atoms with Crippen LogP contribution in [0.3, 0.4) is 0 Å². The zero-order valence-electron chi connectivity index (χ0n) is 7.90. The molecule has 0 spiro atoms. The van der Waals surface area contributed by atoms with Crippen LogP contribution in [0.5, 0.6) is 0 Å². The second-order valence-electron chi connectivity index (χ2n) is 3.15. The molecule has 1 amide bonds. The summed E-state index contributed by atoms with van der Waals surface area (Å²) < 4.78 is 0. The molecule has 0 unspecified atom stereocenters. The predicted molar refractivity (Wildman–Crippen MR) is 59.0 cm³/mol. The third-order valence-electron chi connectivity index (χ3n) is 2.11. The Morgan fingerprint density at radius 2 is 2.00 bits per heavy atom. The molecule has 3 N–H and O–H groups in total. The molecule has 4 nitrogen and oxygen atoms in total. The fourth-order valence-corrected chi connectivity index (χ4v) is 1.49. The number of rotatable bonds is 1. The highest BCUT2D eigenvalue weighted by atomic mass is 35.5. The van der Waals surface area contributed by atoms with E-state index in [1.54, 1.807) is 0 Å². The van der Waals surface area contributed by atoms with Gasteiger partial charge in [0.25, 0.3) is 5.91 Å². The largest absolute Gasteiger partial charge is 0.400 e. The van der Waals surface area contributed by atoms with E-state index in [1.807, 2.05) is 30.3 Å². The molecule has 0 aromatic heterocycles. The smallest absolute Gasteiger partial charge is 0.285 e. The van der Waals surface area contributed by atoms with E-state index in [2.05, 4.69) is 5.43 Å². The van der Waals surface area contributed by atoms with Gasteiger partial charge < -0.3 is 5.73 Å². The summed E-state index contributed by atoms with van der Waals surface area (Å²) in [5.74, 6) is -0.327. The summed E-state index contributed by atoms with van der Waals surface area (Å²) in [5.41, 5.74) is 9.54. The maximum atomic E-state index is 11.7. The molecular weight excluding hydrogens is 214 g/mol. The van der Waals surface area contributed by atoms with Gasteiger partial charge in [0.05, 0.1) is 12.2 Å². The molecule has 0 saturated heterocycles. The molecule has 0 aliphatic carbocycles. The molecule has 0 bridgehead atoms. The van der Waals surface area contributed by atoms with Crippen molar-refractivity contribution in [2.75, 3.05) is 11.6 Å². The van der Waals surface area contributed by atoms with Crippen LogP contribution in [0.25, 0.3) is 0 Å². The standard InChI is InChI=1S/C10H10ClN3O/c11-9-8(12)6-13-14(10(9)15)7-4-2-1-3-5-7/h1-5,13H,6,12H2. The van der Waals surface area contributed by atoms with Gasteiger partial charge in [0.15, 0.2) is 0 Å². The topological polar surface area (TPSA) is 58.4 Å². The lowest BCUT2D eigenvalue weighted by Crippen LogP contribution is -2.49. The zero-order valence-corrected chi connectivity index (χ0v) is 8.66. The van der Waals surface area contributed by atoms with Gasteiger partial charge in [0, 0.05) is 5.70 Å². The van der Waals surface area contributed by atoms with E-state index in [9.17, 15) is 4.79 Å². The van der Waals surface area contributed by atoms with Crippen molar-refractivity contribution in [2.24, 2.45) is 5.73 Å². The number of benzene rings is 1. The molecule has 15 heavy (non-hydrogen) atoms. The fourth-order valence-electron chi connectivity index (χ4n) is 1.33. The average Bonchev–Trinajstić information content (AvgIpc) is 2.27. The van der Waals surface area contributed by atoms with E-state index in [0.29, 0.717) is 12.2 Å². The first-order valence-electron chi connectivity index (χ1n) is 4.47. The Hall–Kier alpha value is -1.52. The summed E-state index contributed by atoms with van der Waals surface area (Å²) in [6.45, 7) is 0.374. The minimum absolute atomic E-state index is 0.0811. The van der Waals surface area contributed by atoms with Crippen LogP contribution < -0.4 is 16.2 Å².